The Balaban J connectivity index is 1.96. The molecular weight excluding hydrogens is 192 g/mol. The lowest BCUT2D eigenvalue weighted by atomic mass is 10.2. The number of carbonyl (C=O) groups is 1. The molecule has 78 valence electrons. The Hall–Kier alpha value is -1.78. The van der Waals surface area contributed by atoms with Gasteiger partial charge in [-0.3, -0.25) is 0 Å². The fraction of sp³-hybridized carbons (Fsp3) is 0.400. The van der Waals surface area contributed by atoms with E-state index in [1.807, 2.05) is 28.9 Å². The molecular formula is C10H12N4O. The van der Waals surface area contributed by atoms with Gasteiger partial charge in [-0.25, -0.2) is 9.48 Å². The van der Waals surface area contributed by atoms with Gasteiger partial charge in [-0.2, -0.15) is 5.10 Å². The Morgan fingerprint density at radius 1 is 1.53 bits per heavy atom. The van der Waals surface area contributed by atoms with Gasteiger partial charge < -0.3 is 9.80 Å². The lowest BCUT2D eigenvalue weighted by molar-refractivity contribution is 0.201. The number of nitrogens with zero attached hydrogens (tertiary/aromatic N) is 4. The maximum atomic E-state index is 11.7. The van der Waals surface area contributed by atoms with Crippen molar-refractivity contribution in [1.82, 2.24) is 19.6 Å². The van der Waals surface area contributed by atoms with E-state index < -0.39 is 0 Å². The molecule has 3 heterocycles. The molecule has 0 aromatic carbocycles. The van der Waals surface area contributed by atoms with Crippen molar-refractivity contribution in [3.63, 3.8) is 0 Å². The van der Waals surface area contributed by atoms with Gasteiger partial charge in [0.05, 0.1) is 18.3 Å². The van der Waals surface area contributed by atoms with E-state index in [1.54, 1.807) is 11.1 Å². The fourth-order valence-electron chi connectivity index (χ4n) is 2.15. The van der Waals surface area contributed by atoms with Crippen molar-refractivity contribution >= 4 is 11.7 Å². The molecule has 2 amide bonds. The molecule has 1 aromatic heterocycles. The first-order chi connectivity index (χ1) is 7.25. The average molecular weight is 204 g/mol. The summed E-state index contributed by atoms with van der Waals surface area (Å²) in [6, 6.07) is 2.20. The predicted molar refractivity (Wildman–Crippen MR) is 55.0 cm³/mol. The van der Waals surface area contributed by atoms with Crippen molar-refractivity contribution in [2.75, 3.05) is 20.1 Å². The SMILES string of the molecule is CN1C(=O)N2CC(n3cccn3)=CC1C2. The van der Waals surface area contributed by atoms with Crippen molar-refractivity contribution in [1.29, 1.82) is 0 Å². The summed E-state index contributed by atoms with van der Waals surface area (Å²) >= 11 is 0. The molecule has 1 atom stereocenters. The first-order valence-electron chi connectivity index (χ1n) is 4.98. The maximum Gasteiger partial charge on any atom is 0.320 e. The summed E-state index contributed by atoms with van der Waals surface area (Å²) in [4.78, 5) is 15.3. The molecule has 3 rings (SSSR count). The molecule has 1 unspecified atom stereocenters. The lowest BCUT2D eigenvalue weighted by Gasteiger charge is -2.21. The van der Waals surface area contributed by atoms with Crippen LogP contribution in [-0.2, 0) is 0 Å². The van der Waals surface area contributed by atoms with Crippen molar-refractivity contribution in [3.05, 3.63) is 24.5 Å². The summed E-state index contributed by atoms with van der Waals surface area (Å²) in [7, 11) is 1.84. The largest absolute Gasteiger partial charge is 0.320 e. The number of aromatic nitrogens is 2. The van der Waals surface area contributed by atoms with Gasteiger partial charge in [0.25, 0.3) is 0 Å². The average Bonchev–Trinajstić information content (AvgIpc) is 2.84. The van der Waals surface area contributed by atoms with E-state index in [0.717, 1.165) is 12.2 Å². The highest BCUT2D eigenvalue weighted by Crippen LogP contribution is 2.24. The van der Waals surface area contributed by atoms with Crippen LogP contribution in [0.5, 0.6) is 0 Å². The molecule has 1 aromatic rings. The minimum absolute atomic E-state index is 0.110. The second-order valence-corrected chi connectivity index (χ2v) is 3.95. The quantitative estimate of drug-likeness (QED) is 0.667. The van der Waals surface area contributed by atoms with Crippen molar-refractivity contribution in [2.45, 2.75) is 6.04 Å². The molecule has 0 saturated carbocycles. The Morgan fingerprint density at radius 2 is 2.40 bits per heavy atom. The topological polar surface area (TPSA) is 41.4 Å². The van der Waals surface area contributed by atoms with E-state index in [-0.39, 0.29) is 12.1 Å². The van der Waals surface area contributed by atoms with Crippen LogP contribution >= 0.6 is 0 Å². The molecule has 5 heteroatoms. The lowest BCUT2D eigenvalue weighted by Crippen LogP contribution is -2.31. The molecule has 0 aliphatic carbocycles. The maximum absolute atomic E-state index is 11.7. The molecule has 2 aliphatic rings. The molecule has 2 bridgehead atoms. The third-order valence-electron chi connectivity index (χ3n) is 3.01. The second-order valence-electron chi connectivity index (χ2n) is 3.95. The third kappa shape index (κ3) is 1.16. The minimum Gasteiger partial charge on any atom is -0.319 e. The summed E-state index contributed by atoms with van der Waals surface area (Å²) < 4.78 is 1.82. The molecule has 5 nitrogen and oxygen atoms in total. The Labute approximate surface area is 87.6 Å². The van der Waals surface area contributed by atoms with Gasteiger partial charge in [0.1, 0.15) is 0 Å². The monoisotopic (exact) mass is 204 g/mol. The van der Waals surface area contributed by atoms with Gasteiger partial charge in [-0.15, -0.1) is 0 Å². The molecule has 0 N–H and O–H groups in total. The first kappa shape index (κ1) is 8.52. The third-order valence-corrected chi connectivity index (χ3v) is 3.01. The number of urea groups is 1. The number of hydrogen-bond acceptors (Lipinski definition) is 2. The molecule has 2 aliphatic heterocycles. The normalized spacial score (nSPS) is 24.7. The van der Waals surface area contributed by atoms with Crippen molar-refractivity contribution in [2.24, 2.45) is 0 Å². The summed E-state index contributed by atoms with van der Waals surface area (Å²) in [6.45, 7) is 1.46. The van der Waals surface area contributed by atoms with E-state index in [1.165, 1.54) is 0 Å². The van der Waals surface area contributed by atoms with Crippen LogP contribution in [-0.4, -0.2) is 51.8 Å². The predicted octanol–water partition coefficient (Wildman–Crippen LogP) is 0.474. The fourth-order valence-corrected chi connectivity index (χ4v) is 2.15. The molecule has 0 spiro atoms. The zero-order valence-electron chi connectivity index (χ0n) is 8.50. The van der Waals surface area contributed by atoms with Crippen LogP contribution in [0.1, 0.15) is 0 Å². The van der Waals surface area contributed by atoms with E-state index in [9.17, 15) is 4.79 Å². The van der Waals surface area contributed by atoms with E-state index in [0.29, 0.717) is 6.54 Å². The number of amides is 2. The Bertz CT molecular complexity index is 423. The molecule has 0 radical (unpaired) electrons. The van der Waals surface area contributed by atoms with Crippen LogP contribution in [0.3, 0.4) is 0 Å². The van der Waals surface area contributed by atoms with Gasteiger partial charge in [0.15, 0.2) is 0 Å². The van der Waals surface area contributed by atoms with Crippen molar-refractivity contribution in [3.8, 4) is 0 Å². The van der Waals surface area contributed by atoms with Gasteiger partial charge >= 0.3 is 6.03 Å². The zero-order valence-corrected chi connectivity index (χ0v) is 8.50. The smallest absolute Gasteiger partial charge is 0.319 e. The van der Waals surface area contributed by atoms with Crippen molar-refractivity contribution < 1.29 is 4.79 Å². The highest BCUT2D eigenvalue weighted by molar-refractivity contribution is 5.80. The van der Waals surface area contributed by atoms with Gasteiger partial charge in [-0.05, 0) is 12.1 Å². The molecule has 1 saturated heterocycles. The number of hydrogen-bond donors (Lipinski definition) is 0. The van der Waals surface area contributed by atoms with E-state index >= 15 is 0 Å². The summed E-state index contributed by atoms with van der Waals surface area (Å²) in [5, 5.41) is 4.18. The Kier molecular flexibility index (Phi) is 1.62. The van der Waals surface area contributed by atoms with Crippen LogP contribution in [0.4, 0.5) is 4.79 Å². The van der Waals surface area contributed by atoms with Gasteiger partial charge in [0.2, 0.25) is 0 Å². The zero-order chi connectivity index (χ0) is 10.4. The highest BCUT2D eigenvalue weighted by atomic mass is 16.2. The van der Waals surface area contributed by atoms with E-state index in [4.69, 9.17) is 0 Å². The van der Waals surface area contributed by atoms with Gasteiger partial charge in [-0.1, -0.05) is 0 Å². The van der Waals surface area contributed by atoms with Crippen LogP contribution in [0.15, 0.2) is 24.5 Å². The highest BCUT2D eigenvalue weighted by Gasteiger charge is 2.37. The minimum atomic E-state index is 0.110. The number of likely N-dealkylation sites (N-methyl/N-ethyl adjacent to an activating group) is 1. The Morgan fingerprint density at radius 3 is 3.07 bits per heavy atom. The molecule has 15 heavy (non-hydrogen) atoms. The summed E-state index contributed by atoms with van der Waals surface area (Å²) in [5.41, 5.74) is 1.08. The number of fused-ring (bicyclic) bond motifs is 2. The first-order valence-corrected chi connectivity index (χ1v) is 4.98. The summed E-state index contributed by atoms with van der Waals surface area (Å²) in [6.07, 6.45) is 5.77. The van der Waals surface area contributed by atoms with Crippen LogP contribution in [0, 0.1) is 0 Å². The summed E-state index contributed by atoms with van der Waals surface area (Å²) in [5.74, 6) is 0. The number of carbonyl (C=O) groups excluding carboxylic acids is 1. The van der Waals surface area contributed by atoms with Crippen LogP contribution < -0.4 is 0 Å². The van der Waals surface area contributed by atoms with Gasteiger partial charge in [0, 0.05) is 26.0 Å². The van der Waals surface area contributed by atoms with E-state index in [2.05, 4.69) is 11.2 Å². The number of rotatable bonds is 1. The molecule has 1 fully saturated rings. The standard InChI is InChI=1S/C10H12N4O/c1-12-8-5-9(14-4-2-3-11-14)7-13(6-8)10(12)15/h2-5,8H,6-7H2,1H3. The van der Waals surface area contributed by atoms with Crippen LogP contribution in [0.2, 0.25) is 0 Å². The van der Waals surface area contributed by atoms with Crippen LogP contribution in [0.25, 0.3) is 5.70 Å². The second kappa shape index (κ2) is 2.85.